The number of nitrogens with zero attached hydrogens (tertiary/aromatic N) is 3. The molecule has 2 heterocycles. The van der Waals surface area contributed by atoms with E-state index in [9.17, 15) is 0 Å². The Morgan fingerprint density at radius 2 is 2.26 bits per heavy atom. The van der Waals surface area contributed by atoms with Crippen LogP contribution in [-0.4, -0.2) is 29.1 Å². The van der Waals surface area contributed by atoms with E-state index in [1.54, 1.807) is 0 Å². The molecule has 0 atom stereocenters. The predicted octanol–water partition coefficient (Wildman–Crippen LogP) is 3.04. The van der Waals surface area contributed by atoms with Crippen LogP contribution in [0.4, 0.5) is 0 Å². The summed E-state index contributed by atoms with van der Waals surface area (Å²) in [5, 5.41) is 5.79. The van der Waals surface area contributed by atoms with E-state index in [0.717, 1.165) is 48.5 Å². The van der Waals surface area contributed by atoms with Gasteiger partial charge in [0.1, 0.15) is 11.3 Å². The molecule has 0 aliphatic carbocycles. The normalized spacial score (nSPS) is 13.7. The Morgan fingerprint density at radius 3 is 3.16 bits per heavy atom. The van der Waals surface area contributed by atoms with E-state index in [0.29, 0.717) is 0 Å². The van der Waals surface area contributed by atoms with Crippen molar-refractivity contribution >= 4 is 17.1 Å². The summed E-state index contributed by atoms with van der Waals surface area (Å²) in [5.41, 5.74) is 2.06. The van der Waals surface area contributed by atoms with Gasteiger partial charge in [0.2, 0.25) is 0 Å². The molecule has 1 aliphatic heterocycles. The summed E-state index contributed by atoms with van der Waals surface area (Å²) >= 11 is 0. The van der Waals surface area contributed by atoms with Crippen LogP contribution in [0.25, 0.3) is 10.9 Å². The molecule has 3 rings (SSSR count). The highest BCUT2D eigenvalue weighted by Gasteiger charge is 2.14. The van der Waals surface area contributed by atoms with Gasteiger partial charge < -0.3 is 4.74 Å². The van der Waals surface area contributed by atoms with Gasteiger partial charge >= 0.3 is 0 Å². The molecule has 0 N–H and O–H groups in total. The van der Waals surface area contributed by atoms with Crippen molar-refractivity contribution in [2.45, 2.75) is 32.7 Å². The summed E-state index contributed by atoms with van der Waals surface area (Å²) in [6.45, 7) is 4.64. The van der Waals surface area contributed by atoms with Crippen molar-refractivity contribution in [3.8, 4) is 5.75 Å². The zero-order valence-corrected chi connectivity index (χ0v) is 11.3. The lowest BCUT2D eigenvalue weighted by molar-refractivity contribution is 0.309. The van der Waals surface area contributed by atoms with E-state index < -0.39 is 0 Å². The summed E-state index contributed by atoms with van der Waals surface area (Å²) in [6, 6.07) is 6.12. The number of hydrogen-bond acceptors (Lipinski definition) is 3. The van der Waals surface area contributed by atoms with Crippen LogP contribution in [0.1, 0.15) is 31.9 Å². The first kappa shape index (κ1) is 12.2. The molecule has 100 valence electrons. The second-order valence-electron chi connectivity index (χ2n) is 4.85. The Labute approximate surface area is 113 Å². The number of hydrogen-bond donors (Lipinski definition) is 0. The summed E-state index contributed by atoms with van der Waals surface area (Å²) in [4.78, 5) is 4.33. The van der Waals surface area contributed by atoms with E-state index in [4.69, 9.17) is 4.74 Å². The van der Waals surface area contributed by atoms with Crippen LogP contribution < -0.4 is 4.74 Å². The molecule has 1 aromatic carbocycles. The smallest absolute Gasteiger partial charge is 0.147 e. The van der Waals surface area contributed by atoms with Gasteiger partial charge in [-0.1, -0.05) is 31.9 Å². The van der Waals surface area contributed by atoms with Crippen molar-refractivity contribution in [3.05, 3.63) is 23.9 Å². The first-order valence-electron chi connectivity index (χ1n) is 7.02. The second-order valence-corrected chi connectivity index (χ2v) is 4.85. The molecule has 19 heavy (non-hydrogen) atoms. The highest BCUT2D eigenvalue weighted by atomic mass is 16.5. The third kappa shape index (κ3) is 2.35. The molecule has 2 aromatic rings. The van der Waals surface area contributed by atoms with Gasteiger partial charge in [-0.2, -0.15) is 5.10 Å². The number of aromatic nitrogens is 2. The Balaban J connectivity index is 1.89. The average molecular weight is 257 g/mol. The zero-order valence-electron chi connectivity index (χ0n) is 11.3. The van der Waals surface area contributed by atoms with Gasteiger partial charge in [-0.05, 0) is 12.5 Å². The van der Waals surface area contributed by atoms with Crippen molar-refractivity contribution in [2.75, 3.05) is 13.2 Å². The minimum absolute atomic E-state index is 0.767. The van der Waals surface area contributed by atoms with Gasteiger partial charge in [-0.3, -0.25) is 9.67 Å². The molecule has 0 amide bonds. The SMILES string of the molecule is CCCCCOc1cccc2c3n(nc12)CCN=C3. The van der Waals surface area contributed by atoms with Gasteiger partial charge in [0.05, 0.1) is 25.4 Å². The largest absolute Gasteiger partial charge is 0.491 e. The summed E-state index contributed by atoms with van der Waals surface area (Å²) in [7, 11) is 0. The lowest BCUT2D eigenvalue weighted by Crippen LogP contribution is -2.11. The minimum Gasteiger partial charge on any atom is -0.491 e. The van der Waals surface area contributed by atoms with E-state index in [2.05, 4.69) is 23.1 Å². The summed E-state index contributed by atoms with van der Waals surface area (Å²) in [6.07, 6.45) is 5.44. The van der Waals surface area contributed by atoms with Gasteiger partial charge in [0.25, 0.3) is 0 Å². The van der Waals surface area contributed by atoms with Crippen LogP contribution in [0.2, 0.25) is 0 Å². The van der Waals surface area contributed by atoms with Crippen LogP contribution in [0.15, 0.2) is 23.2 Å². The standard InChI is InChI=1S/C15H19N3O/c1-2-3-4-10-19-14-7-5-6-12-13-11-16-8-9-18(13)17-15(12)14/h5-7,11H,2-4,8-10H2,1H3. The fraction of sp³-hybridized carbons (Fsp3) is 0.467. The molecule has 0 radical (unpaired) electrons. The minimum atomic E-state index is 0.767. The molecular weight excluding hydrogens is 238 g/mol. The number of fused-ring (bicyclic) bond motifs is 3. The monoisotopic (exact) mass is 257 g/mol. The third-order valence-electron chi connectivity index (χ3n) is 3.43. The fourth-order valence-corrected chi connectivity index (χ4v) is 2.41. The van der Waals surface area contributed by atoms with Crippen molar-refractivity contribution in [3.63, 3.8) is 0 Å². The van der Waals surface area contributed by atoms with E-state index in [1.165, 1.54) is 12.8 Å². The van der Waals surface area contributed by atoms with Crippen molar-refractivity contribution in [1.29, 1.82) is 0 Å². The van der Waals surface area contributed by atoms with Gasteiger partial charge in [0.15, 0.2) is 0 Å². The van der Waals surface area contributed by atoms with Crippen LogP contribution in [0, 0.1) is 0 Å². The number of benzene rings is 1. The van der Waals surface area contributed by atoms with Crippen LogP contribution in [-0.2, 0) is 6.54 Å². The molecule has 1 aromatic heterocycles. The number of ether oxygens (including phenoxy) is 1. The summed E-state index contributed by atoms with van der Waals surface area (Å²) in [5.74, 6) is 0.893. The highest BCUT2D eigenvalue weighted by Crippen LogP contribution is 2.27. The second kappa shape index (κ2) is 5.43. The Kier molecular flexibility index (Phi) is 3.49. The maximum Gasteiger partial charge on any atom is 0.147 e. The molecule has 0 spiro atoms. The quantitative estimate of drug-likeness (QED) is 0.772. The van der Waals surface area contributed by atoms with Crippen LogP contribution >= 0.6 is 0 Å². The Bertz CT molecular complexity index is 601. The Hall–Kier alpha value is -1.84. The van der Waals surface area contributed by atoms with E-state index in [1.807, 2.05) is 23.0 Å². The number of rotatable bonds is 5. The molecule has 0 saturated carbocycles. The highest BCUT2D eigenvalue weighted by molar-refractivity contribution is 5.99. The molecule has 0 fully saturated rings. The molecule has 0 saturated heterocycles. The van der Waals surface area contributed by atoms with Crippen molar-refractivity contribution in [1.82, 2.24) is 9.78 Å². The molecule has 4 heteroatoms. The van der Waals surface area contributed by atoms with E-state index >= 15 is 0 Å². The number of unbranched alkanes of at least 4 members (excludes halogenated alkanes) is 2. The van der Waals surface area contributed by atoms with Crippen LogP contribution in [0.5, 0.6) is 5.75 Å². The van der Waals surface area contributed by atoms with Crippen molar-refractivity contribution in [2.24, 2.45) is 4.99 Å². The lowest BCUT2D eigenvalue weighted by atomic mass is 10.2. The molecule has 0 unspecified atom stereocenters. The van der Waals surface area contributed by atoms with Gasteiger partial charge in [-0.15, -0.1) is 0 Å². The third-order valence-corrected chi connectivity index (χ3v) is 3.43. The van der Waals surface area contributed by atoms with Gasteiger partial charge in [-0.25, -0.2) is 0 Å². The maximum atomic E-state index is 5.88. The molecule has 4 nitrogen and oxygen atoms in total. The maximum absolute atomic E-state index is 5.88. The lowest BCUT2D eigenvalue weighted by Gasteiger charge is -2.06. The summed E-state index contributed by atoms with van der Waals surface area (Å²) < 4.78 is 7.90. The number of aliphatic imine (C=N–C) groups is 1. The molecule has 1 aliphatic rings. The predicted molar refractivity (Wildman–Crippen MR) is 77.2 cm³/mol. The van der Waals surface area contributed by atoms with Crippen LogP contribution in [0.3, 0.4) is 0 Å². The first-order chi connectivity index (χ1) is 9.40. The zero-order chi connectivity index (χ0) is 13.1. The molecular formula is C15H19N3O. The Morgan fingerprint density at radius 1 is 1.32 bits per heavy atom. The topological polar surface area (TPSA) is 39.4 Å². The first-order valence-corrected chi connectivity index (χ1v) is 7.02. The average Bonchev–Trinajstić information content (AvgIpc) is 2.83. The van der Waals surface area contributed by atoms with E-state index in [-0.39, 0.29) is 0 Å². The fourth-order valence-electron chi connectivity index (χ4n) is 2.41. The molecule has 0 bridgehead atoms. The van der Waals surface area contributed by atoms with Crippen molar-refractivity contribution < 1.29 is 4.74 Å². The van der Waals surface area contributed by atoms with Gasteiger partial charge in [0, 0.05) is 11.6 Å².